The van der Waals surface area contributed by atoms with Gasteiger partial charge in [-0.3, -0.25) is 0 Å². The maximum absolute atomic E-state index is 12.8. The van der Waals surface area contributed by atoms with Gasteiger partial charge in [0.15, 0.2) is 5.82 Å². The van der Waals surface area contributed by atoms with E-state index in [2.05, 4.69) is 25.6 Å². The van der Waals surface area contributed by atoms with Crippen LogP contribution in [0, 0.1) is 0 Å². The first kappa shape index (κ1) is 18.1. The number of aromatic nitrogens is 6. The van der Waals surface area contributed by atoms with E-state index in [-0.39, 0.29) is 37.5 Å². The Morgan fingerprint density at radius 1 is 1.23 bits per heavy atom. The first-order valence-electron chi connectivity index (χ1n) is 7.99. The molecule has 0 fully saturated rings. The molecule has 0 atom stereocenters. The lowest BCUT2D eigenvalue weighted by molar-refractivity contribution is -0.147. The van der Waals surface area contributed by atoms with Gasteiger partial charge in [0.05, 0.1) is 18.6 Å². The molecule has 2 aromatic rings. The Kier molecular flexibility index (Phi) is 4.36. The van der Waals surface area contributed by atoms with Crippen LogP contribution in [0.1, 0.15) is 38.2 Å². The summed E-state index contributed by atoms with van der Waals surface area (Å²) in [5, 5.41) is 13.6. The summed E-state index contributed by atoms with van der Waals surface area (Å²) < 4.78 is 41.2. The van der Waals surface area contributed by atoms with Gasteiger partial charge in [0.2, 0.25) is 5.82 Å². The molecule has 1 N–H and O–H groups in total. The summed E-state index contributed by atoms with van der Waals surface area (Å²) in [6.45, 7) is 6.12. The number of rotatable bonds is 2. The number of fused-ring (bicyclic) bond motifs is 1. The standard InChI is InChI=1S/C14H19F3N8O/c1-13(2,3)25-9(19-8-20-25)6-18-12(26)23-4-5-24-10(7-23)21-22-11(24)14(15,16)17/h8H,4-7H2,1-3H3,(H,18,26). The number of hydrogen-bond donors (Lipinski definition) is 1. The highest BCUT2D eigenvalue weighted by Crippen LogP contribution is 2.29. The summed E-state index contributed by atoms with van der Waals surface area (Å²) in [6.07, 6.45) is -3.15. The second kappa shape index (κ2) is 6.25. The third-order valence-electron chi connectivity index (χ3n) is 3.95. The summed E-state index contributed by atoms with van der Waals surface area (Å²) in [4.78, 5) is 17.9. The first-order valence-corrected chi connectivity index (χ1v) is 7.99. The zero-order chi connectivity index (χ0) is 19.1. The molecule has 26 heavy (non-hydrogen) atoms. The van der Waals surface area contributed by atoms with Crippen molar-refractivity contribution in [3.63, 3.8) is 0 Å². The van der Waals surface area contributed by atoms with Crippen LogP contribution in [-0.4, -0.2) is 47.0 Å². The minimum atomic E-state index is -4.56. The van der Waals surface area contributed by atoms with Crippen molar-refractivity contribution in [3.8, 4) is 0 Å². The van der Waals surface area contributed by atoms with E-state index in [1.54, 1.807) is 4.68 Å². The molecule has 0 unspecified atom stereocenters. The normalized spacial score (nSPS) is 15.1. The van der Waals surface area contributed by atoms with Crippen LogP contribution >= 0.6 is 0 Å². The molecular weight excluding hydrogens is 353 g/mol. The molecule has 142 valence electrons. The van der Waals surface area contributed by atoms with E-state index in [0.29, 0.717) is 5.82 Å². The van der Waals surface area contributed by atoms with Crippen molar-refractivity contribution in [2.75, 3.05) is 6.54 Å². The van der Waals surface area contributed by atoms with Gasteiger partial charge in [0.25, 0.3) is 0 Å². The van der Waals surface area contributed by atoms with Gasteiger partial charge in [-0.15, -0.1) is 10.2 Å². The van der Waals surface area contributed by atoms with Crippen molar-refractivity contribution < 1.29 is 18.0 Å². The van der Waals surface area contributed by atoms with Gasteiger partial charge in [-0.05, 0) is 20.8 Å². The van der Waals surface area contributed by atoms with Crippen LogP contribution in [-0.2, 0) is 31.3 Å². The van der Waals surface area contributed by atoms with Crippen molar-refractivity contribution in [2.45, 2.75) is 52.1 Å². The zero-order valence-corrected chi connectivity index (χ0v) is 14.6. The van der Waals surface area contributed by atoms with Gasteiger partial charge >= 0.3 is 12.2 Å². The number of amides is 2. The third kappa shape index (κ3) is 3.48. The van der Waals surface area contributed by atoms with Crippen molar-refractivity contribution in [3.05, 3.63) is 23.8 Å². The summed E-state index contributed by atoms with van der Waals surface area (Å²) in [5.74, 6) is -0.340. The van der Waals surface area contributed by atoms with Gasteiger partial charge in [0.1, 0.15) is 12.2 Å². The Hall–Kier alpha value is -2.66. The van der Waals surface area contributed by atoms with Crippen LogP contribution < -0.4 is 5.32 Å². The highest BCUT2D eigenvalue weighted by molar-refractivity contribution is 5.74. The number of urea groups is 1. The van der Waals surface area contributed by atoms with Crippen molar-refractivity contribution in [1.29, 1.82) is 0 Å². The van der Waals surface area contributed by atoms with Gasteiger partial charge < -0.3 is 14.8 Å². The Morgan fingerprint density at radius 2 is 1.96 bits per heavy atom. The average molecular weight is 372 g/mol. The predicted molar refractivity (Wildman–Crippen MR) is 82.7 cm³/mol. The zero-order valence-electron chi connectivity index (χ0n) is 14.6. The fourth-order valence-electron chi connectivity index (χ4n) is 2.75. The average Bonchev–Trinajstić information content (AvgIpc) is 3.17. The van der Waals surface area contributed by atoms with E-state index in [1.165, 1.54) is 11.2 Å². The number of nitrogens with one attached hydrogen (secondary N) is 1. The fraction of sp³-hybridized carbons (Fsp3) is 0.643. The van der Waals surface area contributed by atoms with Crippen LogP contribution in [0.4, 0.5) is 18.0 Å². The highest BCUT2D eigenvalue weighted by atomic mass is 19.4. The molecular formula is C14H19F3N8O. The van der Waals surface area contributed by atoms with Gasteiger partial charge in [-0.2, -0.15) is 18.3 Å². The number of halogens is 3. The predicted octanol–water partition coefficient (Wildman–Crippen LogP) is 1.37. The molecule has 12 heteroatoms. The SMILES string of the molecule is CC(C)(C)n1ncnc1CNC(=O)N1CCn2c(nnc2C(F)(F)F)C1. The molecule has 3 rings (SSSR count). The van der Waals surface area contributed by atoms with Gasteiger partial charge in [-0.25, -0.2) is 14.5 Å². The second-order valence-corrected chi connectivity index (χ2v) is 6.93. The smallest absolute Gasteiger partial charge is 0.331 e. The molecule has 0 aromatic carbocycles. The minimum Gasteiger partial charge on any atom is -0.331 e. The number of alkyl halides is 3. The molecule has 0 saturated heterocycles. The molecule has 0 aliphatic carbocycles. The minimum absolute atomic E-state index is 0.0111. The van der Waals surface area contributed by atoms with Crippen molar-refractivity contribution >= 4 is 6.03 Å². The molecule has 0 bridgehead atoms. The topological polar surface area (TPSA) is 93.8 Å². The summed E-state index contributed by atoms with van der Waals surface area (Å²) in [5.41, 5.74) is -0.286. The molecule has 0 saturated carbocycles. The summed E-state index contributed by atoms with van der Waals surface area (Å²) >= 11 is 0. The van der Waals surface area contributed by atoms with E-state index in [4.69, 9.17) is 0 Å². The van der Waals surface area contributed by atoms with Crippen LogP contribution in [0.2, 0.25) is 0 Å². The van der Waals surface area contributed by atoms with E-state index in [1.807, 2.05) is 20.8 Å². The second-order valence-electron chi connectivity index (χ2n) is 6.93. The van der Waals surface area contributed by atoms with E-state index < -0.39 is 18.0 Å². The van der Waals surface area contributed by atoms with Crippen molar-refractivity contribution in [1.82, 2.24) is 39.7 Å². The largest absolute Gasteiger partial charge is 0.451 e. The fourth-order valence-corrected chi connectivity index (χ4v) is 2.75. The van der Waals surface area contributed by atoms with Crippen molar-refractivity contribution in [2.24, 2.45) is 0 Å². The Bertz CT molecular complexity index is 804. The van der Waals surface area contributed by atoms with Gasteiger partial charge in [-0.1, -0.05) is 0 Å². The van der Waals surface area contributed by atoms with Crippen LogP contribution in [0.5, 0.6) is 0 Å². The summed E-state index contributed by atoms with van der Waals surface area (Å²) in [6, 6.07) is -0.406. The number of hydrogen-bond acceptors (Lipinski definition) is 5. The molecule has 1 aliphatic heterocycles. The highest BCUT2D eigenvalue weighted by Gasteiger charge is 2.39. The Labute approximate surface area is 147 Å². The molecule has 2 aromatic heterocycles. The van der Waals surface area contributed by atoms with Crippen LogP contribution in [0.3, 0.4) is 0 Å². The quantitative estimate of drug-likeness (QED) is 0.859. The third-order valence-corrected chi connectivity index (χ3v) is 3.95. The van der Waals surface area contributed by atoms with Crippen LogP contribution in [0.15, 0.2) is 6.33 Å². The Balaban J connectivity index is 1.64. The molecule has 3 heterocycles. The number of carbonyl (C=O) groups is 1. The monoisotopic (exact) mass is 372 g/mol. The molecule has 9 nitrogen and oxygen atoms in total. The maximum Gasteiger partial charge on any atom is 0.451 e. The summed E-state index contributed by atoms with van der Waals surface area (Å²) in [7, 11) is 0. The van der Waals surface area contributed by atoms with Crippen LogP contribution in [0.25, 0.3) is 0 Å². The lowest BCUT2D eigenvalue weighted by Crippen LogP contribution is -2.45. The molecule has 0 spiro atoms. The van der Waals surface area contributed by atoms with E-state index in [9.17, 15) is 18.0 Å². The van der Waals surface area contributed by atoms with E-state index >= 15 is 0 Å². The maximum atomic E-state index is 12.8. The molecule has 2 amide bonds. The first-order chi connectivity index (χ1) is 12.1. The van der Waals surface area contributed by atoms with Gasteiger partial charge in [0, 0.05) is 13.1 Å². The van der Waals surface area contributed by atoms with E-state index in [0.717, 1.165) is 4.57 Å². The molecule has 1 aliphatic rings. The Morgan fingerprint density at radius 3 is 2.62 bits per heavy atom. The number of carbonyl (C=O) groups excluding carboxylic acids is 1. The molecule has 0 radical (unpaired) electrons. The lowest BCUT2D eigenvalue weighted by atomic mass is 10.1. The lowest BCUT2D eigenvalue weighted by Gasteiger charge is -2.28. The number of nitrogens with zero attached hydrogens (tertiary/aromatic N) is 7.